The van der Waals surface area contributed by atoms with Crippen LogP contribution < -0.4 is 15.8 Å². The van der Waals surface area contributed by atoms with E-state index in [1.54, 1.807) is 42.3 Å². The lowest BCUT2D eigenvalue weighted by Crippen LogP contribution is -2.29. The molecule has 0 bridgehead atoms. The molecule has 0 saturated carbocycles. The Morgan fingerprint density at radius 3 is 2.70 bits per heavy atom. The molecule has 0 spiro atoms. The predicted octanol–water partition coefficient (Wildman–Crippen LogP) is 3.16. The molecule has 27 heavy (non-hydrogen) atoms. The minimum atomic E-state index is -0.530. The van der Waals surface area contributed by atoms with Gasteiger partial charge in [-0.05, 0) is 48.9 Å². The highest BCUT2D eigenvalue weighted by atomic mass is 19.1. The molecule has 1 aromatic carbocycles. The second kappa shape index (κ2) is 7.90. The third-order valence-electron chi connectivity index (χ3n) is 4.29. The van der Waals surface area contributed by atoms with Gasteiger partial charge in [0.2, 0.25) is 0 Å². The maximum absolute atomic E-state index is 14.2. The largest absolute Gasteiger partial charge is 0.463 e. The average molecular weight is 369 g/mol. The molecule has 0 aliphatic rings. The Kier molecular flexibility index (Phi) is 5.40. The Morgan fingerprint density at radius 2 is 2.07 bits per heavy atom. The van der Waals surface area contributed by atoms with Crippen molar-refractivity contribution in [1.29, 1.82) is 0 Å². The first kappa shape index (κ1) is 18.4. The van der Waals surface area contributed by atoms with E-state index in [-0.39, 0.29) is 17.9 Å². The first-order valence-corrected chi connectivity index (χ1v) is 8.54. The maximum atomic E-state index is 14.2. The Balaban J connectivity index is 1.69. The summed E-state index contributed by atoms with van der Waals surface area (Å²) in [6, 6.07) is 11.2. The smallest absolute Gasteiger partial charge is 0.261 e. The van der Waals surface area contributed by atoms with Crippen molar-refractivity contribution in [2.24, 2.45) is 0 Å². The quantitative estimate of drug-likeness (QED) is 0.700. The van der Waals surface area contributed by atoms with Gasteiger partial charge in [0, 0.05) is 20.1 Å². The summed E-state index contributed by atoms with van der Waals surface area (Å²) in [5.74, 6) is -0.379. The van der Waals surface area contributed by atoms with Gasteiger partial charge >= 0.3 is 0 Å². The van der Waals surface area contributed by atoms with Gasteiger partial charge < -0.3 is 19.6 Å². The molecule has 2 heterocycles. The Morgan fingerprint density at radius 1 is 1.26 bits per heavy atom. The summed E-state index contributed by atoms with van der Waals surface area (Å²) in [5, 5.41) is 2.64. The fraction of sp³-hybridized carbons (Fsp3) is 0.200. The van der Waals surface area contributed by atoms with Crippen molar-refractivity contribution in [2.45, 2.75) is 13.5 Å². The molecule has 0 aliphatic carbocycles. The van der Waals surface area contributed by atoms with Crippen molar-refractivity contribution in [2.75, 3.05) is 18.5 Å². The minimum Gasteiger partial charge on any atom is -0.463 e. The molecule has 6 nitrogen and oxygen atoms in total. The van der Waals surface area contributed by atoms with Gasteiger partial charge in [-0.2, -0.15) is 0 Å². The number of pyridine rings is 1. The van der Waals surface area contributed by atoms with E-state index in [0.29, 0.717) is 29.2 Å². The van der Waals surface area contributed by atoms with Crippen molar-refractivity contribution < 1.29 is 13.6 Å². The number of rotatable bonds is 6. The molecule has 0 atom stereocenters. The number of furan rings is 1. The van der Waals surface area contributed by atoms with E-state index >= 15 is 0 Å². The molecule has 1 amide bonds. The Labute approximate surface area is 155 Å². The summed E-state index contributed by atoms with van der Waals surface area (Å²) in [6.45, 7) is 2.73. The van der Waals surface area contributed by atoms with Crippen LogP contribution >= 0.6 is 0 Å². The number of anilines is 1. The summed E-state index contributed by atoms with van der Waals surface area (Å²) in [6.07, 6.45) is 1.50. The molecule has 2 N–H and O–H groups in total. The molecule has 0 unspecified atom stereocenters. The highest BCUT2D eigenvalue weighted by Gasteiger charge is 2.13. The second-order valence-electron chi connectivity index (χ2n) is 6.07. The van der Waals surface area contributed by atoms with Crippen LogP contribution in [0.5, 0.6) is 0 Å². The number of hydrogen-bond donors (Lipinski definition) is 2. The maximum Gasteiger partial charge on any atom is 0.261 e. The van der Waals surface area contributed by atoms with E-state index in [4.69, 9.17) is 4.42 Å². The van der Waals surface area contributed by atoms with Gasteiger partial charge in [-0.3, -0.25) is 9.59 Å². The number of aromatic amines is 1. The molecular formula is C20H20FN3O3. The number of nitrogens with one attached hydrogen (secondary N) is 2. The molecule has 0 fully saturated rings. The minimum absolute atomic E-state index is 0.0203. The SMILES string of the molecule is CCN(C)c1ccc(CNC(=O)c2ccc(-c3ccco3)[nH]c2=O)cc1F. The number of H-pyrrole nitrogens is 1. The van der Waals surface area contributed by atoms with Gasteiger partial charge in [-0.15, -0.1) is 0 Å². The lowest BCUT2D eigenvalue weighted by atomic mass is 10.1. The second-order valence-corrected chi connectivity index (χ2v) is 6.07. The van der Waals surface area contributed by atoms with Gasteiger partial charge in [-0.25, -0.2) is 4.39 Å². The lowest BCUT2D eigenvalue weighted by molar-refractivity contribution is 0.0949. The number of nitrogens with zero attached hydrogens (tertiary/aromatic N) is 1. The first-order chi connectivity index (χ1) is 13.0. The number of amides is 1. The van der Waals surface area contributed by atoms with Gasteiger partial charge in [-0.1, -0.05) is 6.07 Å². The van der Waals surface area contributed by atoms with Crippen LogP contribution in [0.3, 0.4) is 0 Å². The van der Waals surface area contributed by atoms with Crippen molar-refractivity contribution in [3.8, 4) is 11.5 Å². The molecular weight excluding hydrogens is 349 g/mol. The topological polar surface area (TPSA) is 78.3 Å². The molecule has 7 heteroatoms. The van der Waals surface area contributed by atoms with Crippen LogP contribution in [-0.2, 0) is 6.54 Å². The zero-order chi connectivity index (χ0) is 19.4. The molecule has 3 rings (SSSR count). The van der Waals surface area contributed by atoms with Crippen LogP contribution in [0.4, 0.5) is 10.1 Å². The molecule has 140 valence electrons. The van der Waals surface area contributed by atoms with E-state index in [9.17, 15) is 14.0 Å². The third kappa shape index (κ3) is 4.08. The number of benzene rings is 1. The summed E-state index contributed by atoms with van der Waals surface area (Å²) >= 11 is 0. The highest BCUT2D eigenvalue weighted by molar-refractivity contribution is 5.94. The zero-order valence-corrected chi connectivity index (χ0v) is 15.1. The van der Waals surface area contributed by atoms with Gasteiger partial charge in [0.05, 0.1) is 17.6 Å². The van der Waals surface area contributed by atoms with E-state index in [1.807, 2.05) is 6.92 Å². The predicted molar refractivity (Wildman–Crippen MR) is 101 cm³/mol. The summed E-state index contributed by atoms with van der Waals surface area (Å²) < 4.78 is 19.4. The molecule has 2 aromatic heterocycles. The third-order valence-corrected chi connectivity index (χ3v) is 4.29. The highest BCUT2D eigenvalue weighted by Crippen LogP contribution is 2.19. The van der Waals surface area contributed by atoms with Gasteiger partial charge in [0.25, 0.3) is 11.5 Å². The standard InChI is InChI=1S/C20H20FN3O3/c1-3-24(2)17-9-6-13(11-15(17)21)12-22-19(25)14-7-8-16(23-20(14)26)18-5-4-10-27-18/h4-11H,3,12H2,1-2H3,(H,22,25)(H,23,26). The Hall–Kier alpha value is -3.35. The van der Waals surface area contributed by atoms with Crippen molar-refractivity contribution in [1.82, 2.24) is 10.3 Å². The summed E-state index contributed by atoms with van der Waals surface area (Å²) in [5.41, 5.74) is 1.05. The molecule has 3 aromatic rings. The fourth-order valence-corrected chi connectivity index (χ4v) is 2.65. The van der Waals surface area contributed by atoms with E-state index in [0.717, 1.165) is 0 Å². The zero-order valence-electron chi connectivity index (χ0n) is 15.1. The van der Waals surface area contributed by atoms with Crippen LogP contribution in [0.25, 0.3) is 11.5 Å². The Bertz CT molecular complexity index is 996. The van der Waals surface area contributed by atoms with Crippen molar-refractivity contribution in [3.05, 3.63) is 76.0 Å². The summed E-state index contributed by atoms with van der Waals surface area (Å²) in [4.78, 5) is 28.9. The van der Waals surface area contributed by atoms with Crippen LogP contribution in [0, 0.1) is 5.82 Å². The van der Waals surface area contributed by atoms with Gasteiger partial charge in [0.1, 0.15) is 17.1 Å². The van der Waals surface area contributed by atoms with Crippen LogP contribution in [0.15, 0.2) is 57.9 Å². The number of carbonyl (C=O) groups excluding carboxylic acids is 1. The van der Waals surface area contributed by atoms with Crippen LogP contribution in [0.1, 0.15) is 22.8 Å². The lowest BCUT2D eigenvalue weighted by Gasteiger charge is -2.18. The van der Waals surface area contributed by atoms with E-state index in [1.165, 1.54) is 18.4 Å². The number of carbonyl (C=O) groups is 1. The fourth-order valence-electron chi connectivity index (χ4n) is 2.65. The van der Waals surface area contributed by atoms with Gasteiger partial charge in [0.15, 0.2) is 0 Å². The summed E-state index contributed by atoms with van der Waals surface area (Å²) in [7, 11) is 1.80. The number of aromatic nitrogens is 1. The normalized spacial score (nSPS) is 10.6. The molecule has 0 aliphatic heterocycles. The monoisotopic (exact) mass is 369 g/mol. The van der Waals surface area contributed by atoms with E-state index < -0.39 is 11.5 Å². The van der Waals surface area contributed by atoms with E-state index in [2.05, 4.69) is 10.3 Å². The first-order valence-electron chi connectivity index (χ1n) is 8.54. The average Bonchev–Trinajstić information content (AvgIpc) is 3.20. The number of hydrogen-bond acceptors (Lipinski definition) is 4. The number of halogens is 1. The van der Waals surface area contributed by atoms with Crippen molar-refractivity contribution >= 4 is 11.6 Å². The van der Waals surface area contributed by atoms with Crippen LogP contribution in [-0.4, -0.2) is 24.5 Å². The molecule has 0 saturated heterocycles. The molecule has 0 radical (unpaired) electrons. The van der Waals surface area contributed by atoms with Crippen LogP contribution in [0.2, 0.25) is 0 Å². The van der Waals surface area contributed by atoms with Crippen molar-refractivity contribution in [3.63, 3.8) is 0 Å².